The molecule has 0 saturated carbocycles. The SMILES string of the molecule is CCCCP(CCCC)CCCCCCCCCCCCCCP(c1ccccc1)c1ccccc1. The van der Waals surface area contributed by atoms with Crippen molar-refractivity contribution in [1.82, 2.24) is 0 Å². The fraction of sp³-hybridized carbons (Fsp3) is 0.647. The minimum atomic E-state index is -0.199. The van der Waals surface area contributed by atoms with E-state index in [4.69, 9.17) is 0 Å². The first kappa shape index (κ1) is 31.5. The van der Waals surface area contributed by atoms with Crippen molar-refractivity contribution in [2.24, 2.45) is 0 Å². The van der Waals surface area contributed by atoms with Gasteiger partial charge in [-0.1, -0.05) is 152 Å². The van der Waals surface area contributed by atoms with E-state index in [1.807, 2.05) is 0 Å². The van der Waals surface area contributed by atoms with E-state index in [0.717, 1.165) is 0 Å². The summed E-state index contributed by atoms with van der Waals surface area (Å²) in [6, 6.07) is 22.4. The lowest BCUT2D eigenvalue weighted by Gasteiger charge is -2.18. The van der Waals surface area contributed by atoms with Gasteiger partial charge < -0.3 is 0 Å². The molecule has 0 N–H and O–H groups in total. The number of benzene rings is 2. The summed E-state index contributed by atoms with van der Waals surface area (Å²) in [5.74, 6) is 0. The molecule has 0 unspecified atom stereocenters. The summed E-state index contributed by atoms with van der Waals surface area (Å²) in [7, 11) is 0.162. The first-order chi connectivity index (χ1) is 17.8. The van der Waals surface area contributed by atoms with Gasteiger partial charge in [0.25, 0.3) is 0 Å². The lowest BCUT2D eigenvalue weighted by Crippen LogP contribution is -2.13. The van der Waals surface area contributed by atoms with Gasteiger partial charge in [0.15, 0.2) is 0 Å². The summed E-state index contributed by atoms with van der Waals surface area (Å²) in [4.78, 5) is 0. The molecule has 0 saturated heterocycles. The zero-order valence-corrected chi connectivity index (χ0v) is 25.6. The lowest BCUT2D eigenvalue weighted by atomic mass is 10.1. The molecule has 0 amide bonds. The Morgan fingerprint density at radius 3 is 1.11 bits per heavy atom. The van der Waals surface area contributed by atoms with Gasteiger partial charge in [0, 0.05) is 0 Å². The minimum absolute atomic E-state index is 0.199. The summed E-state index contributed by atoms with van der Waals surface area (Å²) in [6.45, 7) is 4.70. The minimum Gasteiger partial charge on any atom is -0.107 e. The van der Waals surface area contributed by atoms with E-state index in [-0.39, 0.29) is 7.92 Å². The largest absolute Gasteiger partial charge is 0.107 e. The summed E-state index contributed by atoms with van der Waals surface area (Å²) in [5.41, 5.74) is 0. The number of hydrogen-bond acceptors (Lipinski definition) is 0. The second-order valence-corrected chi connectivity index (χ2v) is 15.6. The Morgan fingerprint density at radius 1 is 0.389 bits per heavy atom. The third-order valence-corrected chi connectivity index (χ3v) is 12.9. The molecule has 36 heavy (non-hydrogen) atoms. The van der Waals surface area contributed by atoms with E-state index < -0.39 is 0 Å². The Kier molecular flexibility index (Phi) is 19.5. The highest BCUT2D eigenvalue weighted by Crippen LogP contribution is 2.39. The number of hydrogen-bond donors (Lipinski definition) is 0. The van der Waals surface area contributed by atoms with Crippen LogP contribution in [0.4, 0.5) is 0 Å². The molecule has 0 aliphatic carbocycles. The van der Waals surface area contributed by atoms with Gasteiger partial charge in [-0.25, -0.2) is 0 Å². The highest BCUT2D eigenvalue weighted by Gasteiger charge is 2.12. The van der Waals surface area contributed by atoms with E-state index >= 15 is 0 Å². The molecule has 0 aromatic heterocycles. The monoisotopic (exact) mass is 526 g/mol. The Morgan fingerprint density at radius 2 is 0.722 bits per heavy atom. The van der Waals surface area contributed by atoms with Crippen molar-refractivity contribution >= 4 is 26.5 Å². The van der Waals surface area contributed by atoms with Crippen molar-refractivity contribution in [1.29, 1.82) is 0 Å². The Hall–Kier alpha value is -0.700. The summed E-state index contributed by atoms with van der Waals surface area (Å²) in [6.07, 6.45) is 29.1. The molecule has 202 valence electrons. The molecule has 0 heterocycles. The average Bonchev–Trinajstić information content (AvgIpc) is 2.93. The Labute approximate surface area is 228 Å². The van der Waals surface area contributed by atoms with Crippen LogP contribution in [0.25, 0.3) is 0 Å². The summed E-state index contributed by atoms with van der Waals surface area (Å²) in [5, 5.41) is 3.07. The predicted molar refractivity (Wildman–Crippen MR) is 171 cm³/mol. The van der Waals surface area contributed by atoms with Crippen LogP contribution in [-0.4, -0.2) is 24.6 Å². The van der Waals surface area contributed by atoms with Crippen molar-refractivity contribution in [3.63, 3.8) is 0 Å². The molecule has 2 aromatic carbocycles. The van der Waals surface area contributed by atoms with E-state index in [2.05, 4.69) is 74.5 Å². The van der Waals surface area contributed by atoms with Crippen LogP contribution in [-0.2, 0) is 0 Å². The molecule has 0 bridgehead atoms. The van der Waals surface area contributed by atoms with Gasteiger partial charge in [-0.05, 0) is 68.9 Å². The average molecular weight is 527 g/mol. The van der Waals surface area contributed by atoms with Crippen LogP contribution < -0.4 is 10.6 Å². The summed E-state index contributed by atoms with van der Waals surface area (Å²) >= 11 is 0. The van der Waals surface area contributed by atoms with E-state index in [1.165, 1.54) is 120 Å². The quantitative estimate of drug-likeness (QED) is 0.0997. The topological polar surface area (TPSA) is 0 Å². The third kappa shape index (κ3) is 14.9. The molecule has 0 aliphatic rings. The normalized spacial score (nSPS) is 11.6. The van der Waals surface area contributed by atoms with Gasteiger partial charge in [0.1, 0.15) is 0 Å². The van der Waals surface area contributed by atoms with Crippen molar-refractivity contribution in [3.8, 4) is 0 Å². The lowest BCUT2D eigenvalue weighted by molar-refractivity contribution is 0.548. The fourth-order valence-corrected chi connectivity index (χ4v) is 10.4. The van der Waals surface area contributed by atoms with Crippen molar-refractivity contribution in [2.45, 2.75) is 117 Å². The van der Waals surface area contributed by atoms with Crippen molar-refractivity contribution in [2.75, 3.05) is 24.6 Å². The smallest absolute Gasteiger partial charge is 0.0195 e. The highest BCUT2D eigenvalue weighted by atomic mass is 31.1. The summed E-state index contributed by atoms with van der Waals surface area (Å²) < 4.78 is 0. The van der Waals surface area contributed by atoms with Gasteiger partial charge in [-0.3, -0.25) is 0 Å². The van der Waals surface area contributed by atoms with Gasteiger partial charge >= 0.3 is 0 Å². The second-order valence-electron chi connectivity index (χ2n) is 10.6. The molecule has 0 nitrogen and oxygen atoms in total. The molecule has 0 spiro atoms. The molecule has 0 radical (unpaired) electrons. The van der Waals surface area contributed by atoms with E-state index in [1.54, 1.807) is 18.5 Å². The van der Waals surface area contributed by atoms with Crippen molar-refractivity contribution in [3.05, 3.63) is 60.7 Å². The first-order valence-corrected chi connectivity index (χ1v) is 18.9. The zero-order valence-electron chi connectivity index (χ0n) is 23.8. The second kappa shape index (κ2) is 22.3. The van der Waals surface area contributed by atoms with E-state index in [0.29, 0.717) is 7.92 Å². The third-order valence-electron chi connectivity index (χ3n) is 7.40. The predicted octanol–water partition coefficient (Wildman–Crippen LogP) is 10.9. The molecule has 0 fully saturated rings. The van der Waals surface area contributed by atoms with Crippen LogP contribution in [0.3, 0.4) is 0 Å². The molecule has 2 aromatic rings. The molecular formula is C34H56P2. The van der Waals surface area contributed by atoms with Gasteiger partial charge in [-0.2, -0.15) is 0 Å². The van der Waals surface area contributed by atoms with Crippen molar-refractivity contribution < 1.29 is 0 Å². The molecule has 0 atom stereocenters. The van der Waals surface area contributed by atoms with Gasteiger partial charge in [0.05, 0.1) is 0 Å². The maximum Gasteiger partial charge on any atom is -0.0195 e. The van der Waals surface area contributed by atoms with Crippen LogP contribution in [0.5, 0.6) is 0 Å². The number of unbranched alkanes of at least 4 members (excludes halogenated alkanes) is 13. The van der Waals surface area contributed by atoms with Crippen LogP contribution in [0.1, 0.15) is 117 Å². The van der Waals surface area contributed by atoms with Crippen LogP contribution in [0.15, 0.2) is 60.7 Å². The Bertz CT molecular complexity index is 667. The fourth-order valence-electron chi connectivity index (χ4n) is 5.10. The van der Waals surface area contributed by atoms with Crippen LogP contribution >= 0.6 is 15.8 Å². The highest BCUT2D eigenvalue weighted by molar-refractivity contribution is 7.73. The maximum absolute atomic E-state index is 2.35. The molecule has 0 aliphatic heterocycles. The first-order valence-electron chi connectivity index (χ1n) is 15.4. The molecular weight excluding hydrogens is 470 g/mol. The standard InChI is InChI=1S/C34H56P2/c1-3-5-29-35(30-6-4-2)31-23-15-13-11-9-7-8-10-12-14-16-24-32-36(33-25-19-17-20-26-33)34-27-21-18-22-28-34/h17-22,25-28H,3-16,23-24,29-32H2,1-2H3. The maximum atomic E-state index is 2.35. The molecule has 2 rings (SSSR count). The van der Waals surface area contributed by atoms with Crippen LogP contribution in [0, 0.1) is 0 Å². The Balaban J connectivity index is 1.44. The van der Waals surface area contributed by atoms with E-state index in [9.17, 15) is 0 Å². The number of rotatable bonds is 23. The molecule has 2 heteroatoms. The van der Waals surface area contributed by atoms with Crippen LogP contribution in [0.2, 0.25) is 0 Å². The zero-order chi connectivity index (χ0) is 25.5. The van der Waals surface area contributed by atoms with Gasteiger partial charge in [0.2, 0.25) is 0 Å². The van der Waals surface area contributed by atoms with Gasteiger partial charge in [-0.15, -0.1) is 7.92 Å².